The van der Waals surface area contributed by atoms with E-state index in [0.717, 1.165) is 25.9 Å². The minimum atomic E-state index is -1.22. The van der Waals surface area contributed by atoms with Crippen LogP contribution in [0.5, 0.6) is 5.75 Å². The van der Waals surface area contributed by atoms with Crippen LogP contribution in [0, 0.1) is 5.92 Å². The molecule has 20 heavy (non-hydrogen) atoms. The van der Waals surface area contributed by atoms with E-state index in [0.29, 0.717) is 10.8 Å². The Morgan fingerprint density at radius 3 is 2.65 bits per heavy atom. The number of piperidine rings is 1. The van der Waals surface area contributed by atoms with Crippen molar-refractivity contribution in [2.45, 2.75) is 25.4 Å². The van der Waals surface area contributed by atoms with E-state index in [9.17, 15) is 9.90 Å². The zero-order chi connectivity index (χ0) is 14.8. The van der Waals surface area contributed by atoms with Crippen LogP contribution in [0.1, 0.15) is 19.8 Å². The summed E-state index contributed by atoms with van der Waals surface area (Å²) in [4.78, 5) is 13.9. The monoisotopic (exact) mass is 297 g/mol. The van der Waals surface area contributed by atoms with E-state index < -0.39 is 11.6 Å². The van der Waals surface area contributed by atoms with Crippen LogP contribution in [0.4, 0.5) is 0 Å². The van der Waals surface area contributed by atoms with Crippen molar-refractivity contribution >= 4 is 17.6 Å². The van der Waals surface area contributed by atoms with Crippen molar-refractivity contribution in [1.82, 2.24) is 4.90 Å². The van der Waals surface area contributed by atoms with E-state index in [2.05, 4.69) is 4.90 Å². The van der Waals surface area contributed by atoms with Crippen molar-refractivity contribution < 1.29 is 14.6 Å². The zero-order valence-electron chi connectivity index (χ0n) is 11.8. The number of halogens is 1. The Morgan fingerprint density at radius 2 is 2.10 bits per heavy atom. The Labute approximate surface area is 124 Å². The predicted molar refractivity (Wildman–Crippen MR) is 78.3 cm³/mol. The van der Waals surface area contributed by atoms with Gasteiger partial charge in [-0.25, -0.2) is 4.79 Å². The molecule has 2 unspecified atom stereocenters. The molecule has 2 rings (SSSR count). The van der Waals surface area contributed by atoms with Gasteiger partial charge in [-0.1, -0.05) is 11.6 Å². The molecule has 0 aliphatic carbocycles. The summed E-state index contributed by atoms with van der Waals surface area (Å²) in [5.41, 5.74) is -1.22. The number of nitrogens with zero attached hydrogens (tertiary/aromatic N) is 1. The quantitative estimate of drug-likeness (QED) is 0.928. The Kier molecular flexibility index (Phi) is 4.55. The molecule has 2 atom stereocenters. The van der Waals surface area contributed by atoms with Crippen LogP contribution in [-0.4, -0.2) is 41.7 Å². The normalized spacial score (nSPS) is 23.1. The van der Waals surface area contributed by atoms with Gasteiger partial charge in [-0.3, -0.25) is 0 Å². The molecule has 1 aromatic carbocycles. The maximum absolute atomic E-state index is 11.7. The molecule has 0 saturated carbocycles. The first-order valence-corrected chi connectivity index (χ1v) is 7.16. The Bertz CT molecular complexity index is 477. The average Bonchev–Trinajstić information content (AvgIpc) is 2.41. The van der Waals surface area contributed by atoms with Crippen LogP contribution in [-0.2, 0) is 4.79 Å². The van der Waals surface area contributed by atoms with Crippen molar-refractivity contribution in [3.05, 3.63) is 29.3 Å². The third kappa shape index (κ3) is 3.25. The molecule has 0 aromatic heterocycles. The number of carboxylic acids is 1. The number of benzene rings is 1. The van der Waals surface area contributed by atoms with Crippen molar-refractivity contribution in [2.24, 2.45) is 5.92 Å². The van der Waals surface area contributed by atoms with Gasteiger partial charge in [-0.2, -0.15) is 0 Å². The molecule has 1 saturated heterocycles. The number of carbonyl (C=O) groups is 1. The number of hydrogen-bond donors (Lipinski definition) is 1. The minimum Gasteiger partial charge on any atom is -0.478 e. The third-order valence-corrected chi connectivity index (χ3v) is 4.22. The first kappa shape index (κ1) is 15.1. The molecule has 4 nitrogen and oxygen atoms in total. The molecular formula is C15H20ClNO3. The van der Waals surface area contributed by atoms with Crippen molar-refractivity contribution in [3.8, 4) is 5.75 Å². The van der Waals surface area contributed by atoms with E-state index in [1.165, 1.54) is 0 Å². The van der Waals surface area contributed by atoms with Crippen molar-refractivity contribution in [1.29, 1.82) is 0 Å². The average molecular weight is 298 g/mol. The largest absolute Gasteiger partial charge is 0.478 e. The van der Waals surface area contributed by atoms with Gasteiger partial charge in [0.1, 0.15) is 5.75 Å². The molecule has 0 spiro atoms. The second-order valence-electron chi connectivity index (χ2n) is 5.57. The van der Waals surface area contributed by atoms with Gasteiger partial charge in [0.15, 0.2) is 0 Å². The van der Waals surface area contributed by atoms with Crippen LogP contribution < -0.4 is 4.74 Å². The molecule has 0 bridgehead atoms. The summed E-state index contributed by atoms with van der Waals surface area (Å²) in [6.07, 6.45) is 1.86. The van der Waals surface area contributed by atoms with Crippen molar-refractivity contribution in [3.63, 3.8) is 0 Å². The highest BCUT2D eigenvalue weighted by Crippen LogP contribution is 2.32. The van der Waals surface area contributed by atoms with Gasteiger partial charge in [-0.05, 0) is 57.6 Å². The summed E-state index contributed by atoms with van der Waals surface area (Å²) in [5, 5.41) is 10.2. The predicted octanol–water partition coefficient (Wildman–Crippen LogP) is 2.90. The van der Waals surface area contributed by atoms with Crippen LogP contribution >= 0.6 is 11.6 Å². The second kappa shape index (κ2) is 6.02. The van der Waals surface area contributed by atoms with Gasteiger partial charge < -0.3 is 14.7 Å². The van der Waals surface area contributed by atoms with Crippen LogP contribution in [0.2, 0.25) is 5.02 Å². The second-order valence-corrected chi connectivity index (χ2v) is 6.01. The fraction of sp³-hybridized carbons (Fsp3) is 0.533. The smallest absolute Gasteiger partial charge is 0.348 e. The van der Waals surface area contributed by atoms with Crippen LogP contribution in [0.3, 0.4) is 0 Å². The van der Waals surface area contributed by atoms with Gasteiger partial charge in [0.05, 0.1) is 0 Å². The molecule has 1 aliphatic heterocycles. The maximum Gasteiger partial charge on any atom is 0.348 e. The molecule has 1 fully saturated rings. The molecule has 5 heteroatoms. The first-order chi connectivity index (χ1) is 9.41. The fourth-order valence-electron chi connectivity index (χ4n) is 2.67. The molecular weight excluding hydrogens is 278 g/mol. The van der Waals surface area contributed by atoms with Gasteiger partial charge >= 0.3 is 5.97 Å². The zero-order valence-corrected chi connectivity index (χ0v) is 12.6. The van der Waals surface area contributed by atoms with E-state index in [4.69, 9.17) is 16.3 Å². The Hall–Kier alpha value is -1.26. The molecule has 1 N–H and O–H groups in total. The van der Waals surface area contributed by atoms with E-state index in [1.807, 2.05) is 7.05 Å². The van der Waals surface area contributed by atoms with E-state index >= 15 is 0 Å². The molecule has 110 valence electrons. The maximum atomic E-state index is 11.7. The summed E-state index contributed by atoms with van der Waals surface area (Å²) in [6.45, 7) is 3.40. The first-order valence-electron chi connectivity index (χ1n) is 6.78. The summed E-state index contributed by atoms with van der Waals surface area (Å²) >= 11 is 5.83. The summed E-state index contributed by atoms with van der Waals surface area (Å²) in [6, 6.07) is 6.81. The van der Waals surface area contributed by atoms with Gasteiger partial charge in [0.2, 0.25) is 5.60 Å². The lowest BCUT2D eigenvalue weighted by atomic mass is 9.82. The van der Waals surface area contributed by atoms with Crippen LogP contribution in [0.25, 0.3) is 0 Å². The Morgan fingerprint density at radius 1 is 1.45 bits per heavy atom. The molecule has 1 heterocycles. The highest BCUT2D eigenvalue weighted by Gasteiger charge is 2.45. The summed E-state index contributed by atoms with van der Waals surface area (Å²) in [5.74, 6) is -0.422. The van der Waals surface area contributed by atoms with E-state index in [1.54, 1.807) is 31.2 Å². The number of likely N-dealkylation sites (tertiary alicyclic amines) is 1. The highest BCUT2D eigenvalue weighted by atomic mass is 35.5. The number of aliphatic carboxylic acids is 1. The molecule has 0 amide bonds. The highest BCUT2D eigenvalue weighted by molar-refractivity contribution is 6.30. The standard InChI is InChI=1S/C15H20ClNO3/c1-15(14(18)19,11-4-3-9-17(2)10-11)20-13-7-5-12(16)6-8-13/h5-8,11H,3-4,9-10H2,1-2H3,(H,18,19). The van der Waals surface area contributed by atoms with Gasteiger partial charge in [-0.15, -0.1) is 0 Å². The molecule has 1 aliphatic rings. The van der Waals surface area contributed by atoms with E-state index in [-0.39, 0.29) is 5.92 Å². The molecule has 0 radical (unpaired) electrons. The SMILES string of the molecule is CN1CCCC(C(C)(Oc2ccc(Cl)cc2)C(=O)O)C1. The summed E-state index contributed by atoms with van der Waals surface area (Å²) in [7, 11) is 2.01. The lowest BCUT2D eigenvalue weighted by Crippen LogP contribution is -2.53. The molecule has 1 aromatic rings. The Balaban J connectivity index is 2.20. The van der Waals surface area contributed by atoms with Gasteiger partial charge in [0, 0.05) is 17.5 Å². The van der Waals surface area contributed by atoms with Gasteiger partial charge in [0.25, 0.3) is 0 Å². The minimum absolute atomic E-state index is 0.0329. The lowest BCUT2D eigenvalue weighted by molar-refractivity contribution is -0.160. The lowest BCUT2D eigenvalue weighted by Gasteiger charge is -2.39. The van der Waals surface area contributed by atoms with Crippen LogP contribution in [0.15, 0.2) is 24.3 Å². The number of ether oxygens (including phenoxy) is 1. The van der Waals surface area contributed by atoms with Crippen molar-refractivity contribution in [2.75, 3.05) is 20.1 Å². The number of carboxylic acid groups (broad SMARTS) is 1. The fourth-order valence-corrected chi connectivity index (χ4v) is 2.79. The summed E-state index contributed by atoms with van der Waals surface area (Å²) < 4.78 is 5.82. The topological polar surface area (TPSA) is 49.8 Å². The number of rotatable bonds is 4. The third-order valence-electron chi connectivity index (χ3n) is 3.97. The number of hydrogen-bond acceptors (Lipinski definition) is 3.